The van der Waals surface area contributed by atoms with E-state index in [1.54, 1.807) is 0 Å². The number of halogens is 1. The summed E-state index contributed by atoms with van der Waals surface area (Å²) in [6, 6.07) is 13.7. The minimum atomic E-state index is -0.000648. The maximum Gasteiger partial charge on any atom is 0.204 e. The molecule has 0 saturated carbocycles. The van der Waals surface area contributed by atoms with E-state index in [0.29, 0.717) is 10.6 Å². The van der Waals surface area contributed by atoms with Gasteiger partial charge in [0.05, 0.1) is 9.90 Å². The Hall–Kier alpha value is -1.64. The van der Waals surface area contributed by atoms with Gasteiger partial charge in [-0.15, -0.1) is 11.3 Å². The summed E-state index contributed by atoms with van der Waals surface area (Å²) in [5, 5.41) is 1.62. The summed E-state index contributed by atoms with van der Waals surface area (Å²) in [6.07, 6.45) is 0. The van der Waals surface area contributed by atoms with Crippen LogP contribution in [0.2, 0.25) is 5.02 Å². The molecular formula is C17H13ClOS. The van der Waals surface area contributed by atoms with Crippen molar-refractivity contribution in [2.24, 2.45) is 0 Å². The fourth-order valence-electron chi connectivity index (χ4n) is 2.18. The van der Waals surface area contributed by atoms with Crippen LogP contribution in [-0.4, -0.2) is 5.78 Å². The van der Waals surface area contributed by atoms with Gasteiger partial charge in [-0.3, -0.25) is 4.79 Å². The molecule has 0 bridgehead atoms. The van der Waals surface area contributed by atoms with E-state index in [-0.39, 0.29) is 5.78 Å². The molecule has 0 aliphatic rings. The van der Waals surface area contributed by atoms with E-state index >= 15 is 0 Å². The second-order valence-corrected chi connectivity index (χ2v) is 6.38. The van der Waals surface area contributed by atoms with Crippen LogP contribution in [0, 0.1) is 13.8 Å². The number of benzene rings is 2. The summed E-state index contributed by atoms with van der Waals surface area (Å²) in [4.78, 5) is 13.4. The van der Waals surface area contributed by atoms with Crippen LogP contribution in [0.4, 0.5) is 0 Å². The van der Waals surface area contributed by atoms with Crippen LogP contribution in [0.3, 0.4) is 0 Å². The molecule has 0 spiro atoms. The quantitative estimate of drug-likeness (QED) is 0.579. The minimum absolute atomic E-state index is 0.000648. The highest BCUT2D eigenvalue weighted by Crippen LogP contribution is 2.30. The van der Waals surface area contributed by atoms with Crippen LogP contribution < -0.4 is 0 Å². The molecule has 20 heavy (non-hydrogen) atoms. The zero-order chi connectivity index (χ0) is 14.3. The summed E-state index contributed by atoms with van der Waals surface area (Å²) >= 11 is 7.74. The highest BCUT2D eigenvalue weighted by atomic mass is 35.5. The van der Waals surface area contributed by atoms with Crippen molar-refractivity contribution in [1.29, 1.82) is 0 Å². The van der Waals surface area contributed by atoms with Gasteiger partial charge in [-0.2, -0.15) is 0 Å². The van der Waals surface area contributed by atoms with Crippen LogP contribution in [0.25, 0.3) is 10.1 Å². The van der Waals surface area contributed by atoms with Crippen molar-refractivity contribution in [3.8, 4) is 0 Å². The second-order valence-electron chi connectivity index (χ2n) is 4.89. The Kier molecular flexibility index (Phi) is 3.36. The Labute approximate surface area is 126 Å². The van der Waals surface area contributed by atoms with Gasteiger partial charge >= 0.3 is 0 Å². The molecular weight excluding hydrogens is 288 g/mol. The molecule has 0 saturated heterocycles. The fraction of sp³-hybridized carbons (Fsp3) is 0.118. The average molecular weight is 301 g/mol. The third-order valence-electron chi connectivity index (χ3n) is 3.48. The van der Waals surface area contributed by atoms with E-state index in [4.69, 9.17) is 11.6 Å². The van der Waals surface area contributed by atoms with E-state index in [1.807, 2.05) is 56.3 Å². The fourth-order valence-corrected chi connectivity index (χ4v) is 3.50. The van der Waals surface area contributed by atoms with Crippen molar-refractivity contribution >= 4 is 38.8 Å². The number of hydrogen-bond acceptors (Lipinski definition) is 2. The lowest BCUT2D eigenvalue weighted by Crippen LogP contribution is -2.01. The number of ketones is 1. The van der Waals surface area contributed by atoms with Gasteiger partial charge in [0.25, 0.3) is 0 Å². The lowest BCUT2D eigenvalue weighted by molar-refractivity contribution is 0.104. The number of carbonyl (C=O) groups excluding carboxylic acids is 1. The Morgan fingerprint density at radius 2 is 1.75 bits per heavy atom. The molecule has 2 aromatic carbocycles. The molecule has 0 amide bonds. The Balaban J connectivity index is 2.10. The number of rotatable bonds is 2. The molecule has 3 rings (SSSR count). The first-order valence-electron chi connectivity index (χ1n) is 6.36. The molecule has 0 aliphatic heterocycles. The molecule has 0 N–H and O–H groups in total. The lowest BCUT2D eigenvalue weighted by atomic mass is 10.0. The summed E-state index contributed by atoms with van der Waals surface area (Å²) < 4.78 is 1.12. The van der Waals surface area contributed by atoms with Crippen molar-refractivity contribution in [3.63, 3.8) is 0 Å². The standard InChI is InChI=1S/C17H13ClOS/c1-10-7-13(14(18)8-11(10)2)17(19)16-9-12-5-3-4-6-15(12)20-16/h3-9H,1-2H3. The zero-order valence-corrected chi connectivity index (χ0v) is 12.8. The maximum atomic E-state index is 12.6. The van der Waals surface area contributed by atoms with E-state index in [9.17, 15) is 4.79 Å². The Morgan fingerprint density at radius 1 is 1.05 bits per heavy atom. The van der Waals surface area contributed by atoms with Crippen LogP contribution in [0.1, 0.15) is 26.4 Å². The van der Waals surface area contributed by atoms with Crippen molar-refractivity contribution in [2.75, 3.05) is 0 Å². The molecule has 1 heterocycles. The Bertz CT molecular complexity index is 784. The molecule has 0 atom stereocenters. The highest BCUT2D eigenvalue weighted by molar-refractivity contribution is 7.21. The summed E-state index contributed by atoms with van der Waals surface area (Å²) in [7, 11) is 0. The zero-order valence-electron chi connectivity index (χ0n) is 11.2. The topological polar surface area (TPSA) is 17.1 Å². The van der Waals surface area contributed by atoms with Gasteiger partial charge in [-0.25, -0.2) is 0 Å². The molecule has 0 unspecified atom stereocenters. The highest BCUT2D eigenvalue weighted by Gasteiger charge is 2.16. The average Bonchev–Trinajstić information content (AvgIpc) is 2.86. The monoisotopic (exact) mass is 300 g/mol. The van der Waals surface area contributed by atoms with E-state index in [0.717, 1.165) is 26.1 Å². The van der Waals surface area contributed by atoms with Crippen LogP contribution in [0.5, 0.6) is 0 Å². The van der Waals surface area contributed by atoms with Crippen molar-refractivity contribution in [2.45, 2.75) is 13.8 Å². The molecule has 1 nitrogen and oxygen atoms in total. The van der Waals surface area contributed by atoms with Crippen molar-refractivity contribution in [3.05, 3.63) is 69.1 Å². The van der Waals surface area contributed by atoms with Crippen LogP contribution >= 0.6 is 22.9 Å². The first-order valence-corrected chi connectivity index (χ1v) is 7.56. The first-order chi connectivity index (χ1) is 9.56. The predicted molar refractivity (Wildman–Crippen MR) is 86.2 cm³/mol. The molecule has 0 fully saturated rings. The summed E-state index contributed by atoms with van der Waals surface area (Å²) in [6.45, 7) is 3.99. The van der Waals surface area contributed by atoms with Gasteiger partial charge in [-0.05, 0) is 54.6 Å². The SMILES string of the molecule is Cc1cc(Cl)c(C(=O)c2cc3ccccc3s2)cc1C. The molecule has 1 aromatic heterocycles. The number of hydrogen-bond donors (Lipinski definition) is 0. The van der Waals surface area contributed by atoms with E-state index < -0.39 is 0 Å². The smallest absolute Gasteiger partial charge is 0.204 e. The molecule has 3 heteroatoms. The maximum absolute atomic E-state index is 12.6. The summed E-state index contributed by atoms with van der Waals surface area (Å²) in [5.74, 6) is -0.000648. The van der Waals surface area contributed by atoms with Crippen LogP contribution in [-0.2, 0) is 0 Å². The molecule has 100 valence electrons. The Morgan fingerprint density at radius 3 is 2.50 bits per heavy atom. The normalized spacial score (nSPS) is 10.9. The first kappa shape index (κ1) is 13.3. The second kappa shape index (κ2) is 5.04. The van der Waals surface area contributed by atoms with Gasteiger partial charge in [0, 0.05) is 10.3 Å². The van der Waals surface area contributed by atoms with E-state index in [1.165, 1.54) is 11.3 Å². The third-order valence-corrected chi connectivity index (χ3v) is 4.90. The number of carbonyl (C=O) groups is 1. The predicted octanol–water partition coefficient (Wildman–Crippen LogP) is 5.40. The van der Waals surface area contributed by atoms with Gasteiger partial charge < -0.3 is 0 Å². The van der Waals surface area contributed by atoms with Crippen LogP contribution in [0.15, 0.2) is 42.5 Å². The van der Waals surface area contributed by atoms with E-state index in [2.05, 4.69) is 0 Å². The number of fused-ring (bicyclic) bond motifs is 1. The molecule has 0 aliphatic carbocycles. The largest absolute Gasteiger partial charge is 0.288 e. The van der Waals surface area contributed by atoms with Gasteiger partial charge in [-0.1, -0.05) is 29.8 Å². The number of thiophene rings is 1. The third kappa shape index (κ3) is 2.26. The van der Waals surface area contributed by atoms with Gasteiger partial charge in [0.1, 0.15) is 0 Å². The van der Waals surface area contributed by atoms with Crippen molar-refractivity contribution in [1.82, 2.24) is 0 Å². The minimum Gasteiger partial charge on any atom is -0.288 e. The lowest BCUT2D eigenvalue weighted by Gasteiger charge is -2.06. The molecule has 0 radical (unpaired) electrons. The number of aryl methyl sites for hydroxylation is 2. The summed E-state index contributed by atoms with van der Waals surface area (Å²) in [5.41, 5.74) is 2.77. The van der Waals surface area contributed by atoms with Crippen molar-refractivity contribution < 1.29 is 4.79 Å². The van der Waals surface area contributed by atoms with Gasteiger partial charge in [0.15, 0.2) is 0 Å². The molecule has 3 aromatic rings. The van der Waals surface area contributed by atoms with Gasteiger partial charge in [0.2, 0.25) is 5.78 Å².